The van der Waals surface area contributed by atoms with E-state index in [0.717, 1.165) is 27.5 Å². The van der Waals surface area contributed by atoms with Crippen molar-refractivity contribution in [2.75, 3.05) is 0 Å². The molecule has 1 aliphatic carbocycles. The van der Waals surface area contributed by atoms with E-state index in [4.69, 9.17) is 4.42 Å². The van der Waals surface area contributed by atoms with Crippen LogP contribution in [0.25, 0.3) is 93.6 Å². The monoisotopic (exact) mass is 699 g/mol. The van der Waals surface area contributed by atoms with Crippen LogP contribution in [0.3, 0.4) is 0 Å². The molecule has 1 unspecified atom stereocenters. The smallest absolute Gasteiger partial charge is 0.143 e. The molecule has 0 fully saturated rings. The third-order valence-corrected chi connectivity index (χ3v) is 11.9. The van der Waals surface area contributed by atoms with Gasteiger partial charge in [-0.05, 0) is 110 Å². The van der Waals surface area contributed by atoms with Crippen molar-refractivity contribution in [1.29, 1.82) is 0 Å². The lowest BCUT2D eigenvalue weighted by Gasteiger charge is -2.20. The van der Waals surface area contributed by atoms with Crippen LogP contribution in [-0.4, -0.2) is 4.57 Å². The van der Waals surface area contributed by atoms with Crippen molar-refractivity contribution in [2.45, 2.75) is 5.92 Å². The number of rotatable bonds is 4. The van der Waals surface area contributed by atoms with E-state index < -0.39 is 0 Å². The Kier molecular flexibility index (Phi) is 6.43. The molecule has 0 N–H and O–H groups in total. The Balaban J connectivity index is 1.06. The number of benzene rings is 9. The van der Waals surface area contributed by atoms with Gasteiger partial charge >= 0.3 is 0 Å². The first-order valence-corrected chi connectivity index (χ1v) is 19.0. The Labute approximate surface area is 318 Å². The fourth-order valence-electron chi connectivity index (χ4n) is 9.44. The lowest BCUT2D eigenvalue weighted by Crippen LogP contribution is -2.01. The molecule has 0 saturated carbocycles. The normalized spacial score (nSPS) is 13.6. The third kappa shape index (κ3) is 4.49. The topological polar surface area (TPSA) is 18.1 Å². The van der Waals surface area contributed by atoms with Gasteiger partial charge in [0, 0.05) is 38.7 Å². The molecule has 2 heterocycles. The summed E-state index contributed by atoms with van der Waals surface area (Å²) in [4.78, 5) is 0. The first-order valence-electron chi connectivity index (χ1n) is 19.0. The Morgan fingerprint density at radius 3 is 1.95 bits per heavy atom. The second-order valence-electron chi connectivity index (χ2n) is 14.8. The SMILES string of the molecule is c1ccc(-n2c3ccccc3c3cc(-c4ccc5c(c4)C(c4cc(-c6cccc7c6oc6ccccc67)cc6ccccc46)c4ccccc4-5)ccc32)cc1. The lowest BCUT2D eigenvalue weighted by molar-refractivity contribution is 0.670. The molecule has 1 atom stereocenters. The Bertz CT molecular complexity index is 3330. The van der Waals surface area contributed by atoms with E-state index in [1.165, 1.54) is 82.8 Å². The number of hydrogen-bond donors (Lipinski definition) is 0. The molecular weight excluding hydrogens is 667 g/mol. The number of fused-ring (bicyclic) bond motifs is 10. The van der Waals surface area contributed by atoms with Crippen LogP contribution in [0.4, 0.5) is 0 Å². The van der Waals surface area contributed by atoms with Crippen LogP contribution >= 0.6 is 0 Å². The fraction of sp³-hybridized carbons (Fsp3) is 0.0189. The highest BCUT2D eigenvalue weighted by Gasteiger charge is 2.32. The van der Waals surface area contributed by atoms with Crippen LogP contribution in [-0.2, 0) is 0 Å². The van der Waals surface area contributed by atoms with E-state index in [2.05, 4.69) is 193 Å². The third-order valence-electron chi connectivity index (χ3n) is 11.9. The Morgan fingerprint density at radius 2 is 1.02 bits per heavy atom. The second-order valence-corrected chi connectivity index (χ2v) is 14.8. The summed E-state index contributed by atoms with van der Waals surface area (Å²) >= 11 is 0. The van der Waals surface area contributed by atoms with Gasteiger partial charge in [0.05, 0.1) is 11.0 Å². The zero-order valence-corrected chi connectivity index (χ0v) is 29.9. The van der Waals surface area contributed by atoms with E-state index in [0.29, 0.717) is 0 Å². The van der Waals surface area contributed by atoms with Crippen molar-refractivity contribution in [1.82, 2.24) is 4.57 Å². The van der Waals surface area contributed by atoms with Gasteiger partial charge in [-0.1, -0.05) is 140 Å². The van der Waals surface area contributed by atoms with Crippen LogP contribution in [0.5, 0.6) is 0 Å². The van der Waals surface area contributed by atoms with Crippen molar-refractivity contribution in [3.8, 4) is 39.1 Å². The largest absolute Gasteiger partial charge is 0.455 e. The summed E-state index contributed by atoms with van der Waals surface area (Å²) in [5.74, 6) is 0.0644. The van der Waals surface area contributed by atoms with Crippen LogP contribution in [0.15, 0.2) is 199 Å². The summed E-state index contributed by atoms with van der Waals surface area (Å²) in [6.45, 7) is 0. The molecule has 12 rings (SSSR count). The Hall–Kier alpha value is -7.16. The number of para-hydroxylation sites is 4. The maximum atomic E-state index is 6.58. The highest BCUT2D eigenvalue weighted by atomic mass is 16.3. The van der Waals surface area contributed by atoms with Crippen molar-refractivity contribution >= 4 is 54.5 Å². The van der Waals surface area contributed by atoms with Crippen molar-refractivity contribution < 1.29 is 4.42 Å². The molecule has 0 amide bonds. The second kappa shape index (κ2) is 11.7. The molecule has 0 radical (unpaired) electrons. The van der Waals surface area contributed by atoms with E-state index in [1.807, 2.05) is 6.07 Å². The quantitative estimate of drug-likeness (QED) is 0.179. The number of aromatic nitrogens is 1. The molecule has 1 aliphatic rings. The summed E-state index contributed by atoms with van der Waals surface area (Å²) in [6, 6.07) is 71.0. The van der Waals surface area contributed by atoms with Gasteiger partial charge in [0.1, 0.15) is 11.2 Å². The molecule has 11 aromatic rings. The summed E-state index contributed by atoms with van der Waals surface area (Å²) in [5.41, 5.74) is 16.8. The molecule has 0 spiro atoms. The molecule has 0 aliphatic heterocycles. The lowest BCUT2D eigenvalue weighted by atomic mass is 9.83. The standard InChI is InChI=1S/C53H33NO/c1-2-14-37(15-3-1)54-49-23-10-8-18-42(49)46-30-34(26-28-50(46)54)33-25-27-41-40-17-6-7-20-44(40)52(48(41)31-33)47-32-36(29-35-13-4-5-16-38(35)47)39-21-12-22-45-43-19-9-11-24-51(43)55-53(39)45/h1-32,52H. The van der Waals surface area contributed by atoms with Gasteiger partial charge in [-0.15, -0.1) is 0 Å². The zero-order valence-electron chi connectivity index (χ0n) is 29.9. The number of nitrogens with zero attached hydrogens (tertiary/aromatic N) is 1. The first-order chi connectivity index (χ1) is 27.3. The van der Waals surface area contributed by atoms with E-state index in [-0.39, 0.29) is 5.92 Å². The van der Waals surface area contributed by atoms with E-state index in [9.17, 15) is 0 Å². The molecule has 0 saturated heterocycles. The van der Waals surface area contributed by atoms with Crippen molar-refractivity contribution in [2.24, 2.45) is 0 Å². The highest BCUT2D eigenvalue weighted by Crippen LogP contribution is 2.51. The van der Waals surface area contributed by atoms with Crippen LogP contribution in [0.2, 0.25) is 0 Å². The molecule has 2 aromatic heterocycles. The van der Waals surface area contributed by atoms with Gasteiger partial charge in [0.25, 0.3) is 0 Å². The number of hydrogen-bond acceptors (Lipinski definition) is 1. The van der Waals surface area contributed by atoms with E-state index in [1.54, 1.807) is 0 Å². The molecule has 55 heavy (non-hydrogen) atoms. The van der Waals surface area contributed by atoms with Gasteiger partial charge in [-0.25, -0.2) is 0 Å². The fourth-order valence-corrected chi connectivity index (χ4v) is 9.44. The minimum atomic E-state index is 0.0644. The van der Waals surface area contributed by atoms with Gasteiger partial charge in [-0.2, -0.15) is 0 Å². The zero-order chi connectivity index (χ0) is 36.0. The molecular formula is C53H33NO. The summed E-state index contributed by atoms with van der Waals surface area (Å²) in [7, 11) is 0. The highest BCUT2D eigenvalue weighted by molar-refractivity contribution is 6.11. The molecule has 9 aromatic carbocycles. The maximum Gasteiger partial charge on any atom is 0.143 e. The predicted molar refractivity (Wildman–Crippen MR) is 229 cm³/mol. The van der Waals surface area contributed by atoms with Crippen LogP contribution < -0.4 is 0 Å². The average Bonchev–Trinajstić information content (AvgIpc) is 3.91. The van der Waals surface area contributed by atoms with Gasteiger partial charge in [0.2, 0.25) is 0 Å². The molecule has 0 bridgehead atoms. The average molecular weight is 700 g/mol. The molecule has 2 heteroatoms. The predicted octanol–water partition coefficient (Wildman–Crippen LogP) is 14.3. The van der Waals surface area contributed by atoms with Gasteiger partial charge in [-0.3, -0.25) is 0 Å². The maximum absolute atomic E-state index is 6.58. The van der Waals surface area contributed by atoms with Crippen LogP contribution in [0, 0.1) is 0 Å². The summed E-state index contributed by atoms with van der Waals surface area (Å²) < 4.78 is 8.96. The first kappa shape index (κ1) is 30.3. The Morgan fingerprint density at radius 1 is 0.364 bits per heavy atom. The van der Waals surface area contributed by atoms with E-state index >= 15 is 0 Å². The van der Waals surface area contributed by atoms with Crippen LogP contribution in [0.1, 0.15) is 22.6 Å². The number of furan rings is 1. The summed E-state index contributed by atoms with van der Waals surface area (Å²) in [5, 5.41) is 7.32. The minimum absolute atomic E-state index is 0.0644. The summed E-state index contributed by atoms with van der Waals surface area (Å²) in [6.07, 6.45) is 0. The molecule has 256 valence electrons. The molecule has 2 nitrogen and oxygen atoms in total. The minimum Gasteiger partial charge on any atom is -0.455 e. The van der Waals surface area contributed by atoms with Gasteiger partial charge < -0.3 is 8.98 Å². The van der Waals surface area contributed by atoms with Crippen molar-refractivity contribution in [3.05, 3.63) is 211 Å². The van der Waals surface area contributed by atoms with Gasteiger partial charge in [0.15, 0.2) is 0 Å². The van der Waals surface area contributed by atoms with Crippen molar-refractivity contribution in [3.63, 3.8) is 0 Å².